The fourth-order valence-electron chi connectivity index (χ4n) is 1.84. The number of aryl methyl sites for hydroxylation is 2. The summed E-state index contributed by atoms with van der Waals surface area (Å²) in [6.07, 6.45) is 7.05. The highest BCUT2D eigenvalue weighted by molar-refractivity contribution is 5.24. The second-order valence-corrected chi connectivity index (χ2v) is 3.72. The van der Waals surface area contributed by atoms with Crippen molar-refractivity contribution in [3.8, 4) is 12.3 Å². The lowest BCUT2D eigenvalue weighted by Crippen LogP contribution is -2.20. The van der Waals surface area contributed by atoms with Gasteiger partial charge in [-0.15, -0.1) is 12.3 Å². The number of hydrogen-bond acceptors (Lipinski definition) is 2. The molecule has 0 saturated carbocycles. The SMILES string of the molecule is C#CCCC(NCC)c1cc(C)oc1C. The van der Waals surface area contributed by atoms with Crippen molar-refractivity contribution in [3.05, 3.63) is 23.2 Å². The summed E-state index contributed by atoms with van der Waals surface area (Å²) in [4.78, 5) is 0. The van der Waals surface area contributed by atoms with Gasteiger partial charge in [0.15, 0.2) is 0 Å². The fourth-order valence-corrected chi connectivity index (χ4v) is 1.84. The molecule has 1 N–H and O–H groups in total. The van der Waals surface area contributed by atoms with E-state index in [4.69, 9.17) is 10.8 Å². The predicted octanol–water partition coefficient (Wildman–Crippen LogP) is 2.96. The van der Waals surface area contributed by atoms with Crippen LogP contribution in [-0.4, -0.2) is 6.54 Å². The van der Waals surface area contributed by atoms with E-state index in [-0.39, 0.29) is 0 Å². The summed E-state index contributed by atoms with van der Waals surface area (Å²) in [7, 11) is 0. The molecule has 82 valence electrons. The highest BCUT2D eigenvalue weighted by Crippen LogP contribution is 2.24. The molecule has 1 unspecified atom stereocenters. The van der Waals surface area contributed by atoms with Gasteiger partial charge in [-0.3, -0.25) is 0 Å². The van der Waals surface area contributed by atoms with E-state index in [0.29, 0.717) is 6.04 Å². The van der Waals surface area contributed by atoms with Gasteiger partial charge in [0.25, 0.3) is 0 Å². The number of furan rings is 1. The van der Waals surface area contributed by atoms with Gasteiger partial charge in [0.1, 0.15) is 11.5 Å². The summed E-state index contributed by atoms with van der Waals surface area (Å²) < 4.78 is 5.53. The summed E-state index contributed by atoms with van der Waals surface area (Å²) in [6.45, 7) is 7.02. The number of terminal acetylenes is 1. The van der Waals surface area contributed by atoms with Gasteiger partial charge in [0, 0.05) is 18.0 Å². The van der Waals surface area contributed by atoms with E-state index < -0.39 is 0 Å². The quantitative estimate of drug-likeness (QED) is 0.748. The van der Waals surface area contributed by atoms with Crippen LogP contribution in [0.2, 0.25) is 0 Å². The highest BCUT2D eigenvalue weighted by atomic mass is 16.3. The third-order valence-electron chi connectivity index (χ3n) is 2.48. The van der Waals surface area contributed by atoms with Crippen LogP contribution in [0.5, 0.6) is 0 Å². The molecule has 15 heavy (non-hydrogen) atoms. The molecule has 2 nitrogen and oxygen atoms in total. The maximum atomic E-state index is 5.53. The van der Waals surface area contributed by atoms with Crippen LogP contribution in [0.3, 0.4) is 0 Å². The molecular formula is C13H19NO. The van der Waals surface area contributed by atoms with Crippen LogP contribution in [0.1, 0.15) is 42.9 Å². The van der Waals surface area contributed by atoms with E-state index in [9.17, 15) is 0 Å². The number of nitrogens with one attached hydrogen (secondary N) is 1. The maximum Gasteiger partial charge on any atom is 0.105 e. The molecule has 1 aromatic rings. The van der Waals surface area contributed by atoms with Crippen LogP contribution < -0.4 is 5.32 Å². The summed E-state index contributed by atoms with van der Waals surface area (Å²) in [5.41, 5.74) is 1.24. The summed E-state index contributed by atoms with van der Waals surface area (Å²) in [6, 6.07) is 2.42. The average molecular weight is 205 g/mol. The van der Waals surface area contributed by atoms with Crippen LogP contribution in [0.4, 0.5) is 0 Å². The Kier molecular flexibility index (Phi) is 4.45. The van der Waals surface area contributed by atoms with Crippen LogP contribution in [0.25, 0.3) is 0 Å². The molecule has 0 fully saturated rings. The van der Waals surface area contributed by atoms with E-state index in [1.807, 2.05) is 13.8 Å². The molecule has 0 aliphatic heterocycles. The highest BCUT2D eigenvalue weighted by Gasteiger charge is 2.15. The van der Waals surface area contributed by atoms with E-state index in [2.05, 4.69) is 24.2 Å². The lowest BCUT2D eigenvalue weighted by molar-refractivity contribution is 0.477. The molecule has 0 aliphatic carbocycles. The van der Waals surface area contributed by atoms with Crippen molar-refractivity contribution in [2.24, 2.45) is 0 Å². The van der Waals surface area contributed by atoms with Crippen molar-refractivity contribution in [2.75, 3.05) is 6.54 Å². The van der Waals surface area contributed by atoms with Gasteiger partial charge < -0.3 is 9.73 Å². The Morgan fingerprint density at radius 2 is 2.27 bits per heavy atom. The molecule has 0 spiro atoms. The minimum atomic E-state index is 0.323. The second-order valence-electron chi connectivity index (χ2n) is 3.72. The molecule has 0 aliphatic rings. The third-order valence-corrected chi connectivity index (χ3v) is 2.48. The minimum Gasteiger partial charge on any atom is -0.466 e. The standard InChI is InChI=1S/C13H19NO/c1-5-7-8-13(14-6-2)12-9-10(3)15-11(12)4/h1,9,13-14H,6-8H2,2-4H3. The first-order chi connectivity index (χ1) is 7.19. The fraction of sp³-hybridized carbons (Fsp3) is 0.538. The van der Waals surface area contributed by atoms with Gasteiger partial charge in [-0.2, -0.15) is 0 Å². The van der Waals surface area contributed by atoms with Crippen molar-refractivity contribution in [1.82, 2.24) is 5.32 Å². The van der Waals surface area contributed by atoms with Gasteiger partial charge in [0.05, 0.1) is 0 Å². The first-order valence-corrected chi connectivity index (χ1v) is 5.42. The van der Waals surface area contributed by atoms with Crippen LogP contribution in [0, 0.1) is 26.2 Å². The molecule has 1 rings (SSSR count). The lowest BCUT2D eigenvalue weighted by atomic mass is 10.0. The lowest BCUT2D eigenvalue weighted by Gasteiger charge is -2.15. The normalized spacial score (nSPS) is 12.4. The smallest absolute Gasteiger partial charge is 0.105 e. The molecule has 1 aromatic heterocycles. The molecule has 1 heterocycles. The Hall–Kier alpha value is -1.20. The first kappa shape index (κ1) is 11.9. The third kappa shape index (κ3) is 3.14. The van der Waals surface area contributed by atoms with Gasteiger partial charge >= 0.3 is 0 Å². The van der Waals surface area contributed by atoms with Crippen LogP contribution >= 0.6 is 0 Å². The summed E-state index contributed by atoms with van der Waals surface area (Å²) >= 11 is 0. The maximum absolute atomic E-state index is 5.53. The first-order valence-electron chi connectivity index (χ1n) is 5.42. The molecule has 0 aromatic carbocycles. The Bertz CT molecular complexity index is 346. The Morgan fingerprint density at radius 3 is 2.73 bits per heavy atom. The van der Waals surface area contributed by atoms with Crippen molar-refractivity contribution >= 4 is 0 Å². The van der Waals surface area contributed by atoms with Gasteiger partial charge in [-0.1, -0.05) is 6.92 Å². The molecule has 1 atom stereocenters. The van der Waals surface area contributed by atoms with Crippen molar-refractivity contribution in [2.45, 2.75) is 39.7 Å². The van der Waals surface area contributed by atoms with E-state index in [1.54, 1.807) is 0 Å². The second kappa shape index (κ2) is 5.63. The Morgan fingerprint density at radius 1 is 1.53 bits per heavy atom. The molecule has 0 saturated heterocycles. The largest absolute Gasteiger partial charge is 0.466 e. The van der Waals surface area contributed by atoms with Gasteiger partial charge in [-0.05, 0) is 32.9 Å². The Balaban J connectivity index is 2.79. The molecule has 0 bridgehead atoms. The molecule has 0 radical (unpaired) electrons. The zero-order valence-corrected chi connectivity index (χ0v) is 9.76. The topological polar surface area (TPSA) is 25.2 Å². The molecule has 2 heteroatoms. The Labute approximate surface area is 92.1 Å². The number of hydrogen-bond donors (Lipinski definition) is 1. The summed E-state index contributed by atoms with van der Waals surface area (Å²) in [5.74, 6) is 4.64. The van der Waals surface area contributed by atoms with Crippen LogP contribution in [-0.2, 0) is 0 Å². The predicted molar refractivity (Wildman–Crippen MR) is 62.7 cm³/mol. The average Bonchev–Trinajstić information content (AvgIpc) is 2.52. The van der Waals surface area contributed by atoms with Crippen LogP contribution in [0.15, 0.2) is 10.5 Å². The zero-order chi connectivity index (χ0) is 11.3. The molecule has 0 amide bonds. The monoisotopic (exact) mass is 205 g/mol. The van der Waals surface area contributed by atoms with E-state index >= 15 is 0 Å². The van der Waals surface area contributed by atoms with E-state index in [1.165, 1.54) is 5.56 Å². The van der Waals surface area contributed by atoms with Crippen molar-refractivity contribution < 1.29 is 4.42 Å². The van der Waals surface area contributed by atoms with E-state index in [0.717, 1.165) is 30.9 Å². The minimum absolute atomic E-state index is 0.323. The van der Waals surface area contributed by atoms with Crippen molar-refractivity contribution in [1.29, 1.82) is 0 Å². The zero-order valence-electron chi connectivity index (χ0n) is 9.76. The van der Waals surface area contributed by atoms with Gasteiger partial charge in [-0.25, -0.2) is 0 Å². The summed E-state index contributed by atoms with van der Waals surface area (Å²) in [5, 5.41) is 3.43. The molecular weight excluding hydrogens is 186 g/mol. The number of rotatable bonds is 5. The van der Waals surface area contributed by atoms with Gasteiger partial charge in [0.2, 0.25) is 0 Å². The van der Waals surface area contributed by atoms with Crippen molar-refractivity contribution in [3.63, 3.8) is 0 Å².